The Hall–Kier alpha value is -0.530. The molecule has 0 aliphatic heterocycles. The van der Waals surface area contributed by atoms with Crippen molar-refractivity contribution in [2.24, 2.45) is 10.9 Å². The number of nitrogens with zero attached hydrogens (tertiary/aromatic N) is 2. The molecule has 0 aromatic heterocycles. The van der Waals surface area contributed by atoms with E-state index in [4.69, 9.17) is 0 Å². The maximum absolute atomic E-state index is 4.32. The molecule has 1 unspecified atom stereocenters. The average molecular weight is 142 g/mol. The van der Waals surface area contributed by atoms with Gasteiger partial charge in [0.05, 0.1) is 12.4 Å². The summed E-state index contributed by atoms with van der Waals surface area (Å²) in [5.41, 5.74) is 0. The van der Waals surface area contributed by atoms with Crippen molar-refractivity contribution < 1.29 is 0 Å². The Morgan fingerprint density at radius 3 is 2.00 bits per heavy atom. The van der Waals surface area contributed by atoms with Crippen LogP contribution in [0, 0.1) is 5.92 Å². The van der Waals surface area contributed by atoms with Crippen molar-refractivity contribution in [2.45, 2.75) is 26.8 Å². The summed E-state index contributed by atoms with van der Waals surface area (Å²) >= 11 is 0. The maximum Gasteiger partial charge on any atom is 0.0848 e. The summed E-state index contributed by atoms with van der Waals surface area (Å²) in [5, 5.41) is 0. The fraction of sp³-hybridized carbons (Fsp3) is 0.875. The molecule has 0 aromatic carbocycles. The van der Waals surface area contributed by atoms with Gasteiger partial charge in [0, 0.05) is 14.1 Å². The normalized spacial score (nSPS) is 14.6. The van der Waals surface area contributed by atoms with Crippen molar-refractivity contribution in [3.8, 4) is 0 Å². The summed E-state index contributed by atoms with van der Waals surface area (Å²) < 4.78 is 0. The fourth-order valence-electron chi connectivity index (χ4n) is 0.411. The van der Waals surface area contributed by atoms with E-state index in [9.17, 15) is 0 Å². The first kappa shape index (κ1) is 9.47. The molecular formula is C8H18N2. The van der Waals surface area contributed by atoms with E-state index in [2.05, 4.69) is 25.8 Å². The summed E-state index contributed by atoms with van der Waals surface area (Å²) in [4.78, 5) is 6.28. The highest BCUT2D eigenvalue weighted by molar-refractivity contribution is 5.54. The summed E-state index contributed by atoms with van der Waals surface area (Å²) in [6, 6.07) is 0.433. The molecule has 0 fully saturated rings. The third-order valence-corrected chi connectivity index (χ3v) is 1.50. The second-order valence-corrected chi connectivity index (χ2v) is 3.21. The Labute approximate surface area is 63.9 Å². The van der Waals surface area contributed by atoms with Gasteiger partial charge in [-0.3, -0.25) is 4.99 Å². The predicted octanol–water partition coefficient (Wildman–Crippen LogP) is 1.62. The van der Waals surface area contributed by atoms with Gasteiger partial charge in [0.25, 0.3) is 0 Å². The summed E-state index contributed by atoms with van der Waals surface area (Å²) in [6.07, 6.45) is 1.87. The van der Waals surface area contributed by atoms with Crippen molar-refractivity contribution in [3.63, 3.8) is 0 Å². The van der Waals surface area contributed by atoms with E-state index < -0.39 is 0 Å². The Kier molecular flexibility index (Phi) is 4.08. The van der Waals surface area contributed by atoms with Crippen LogP contribution < -0.4 is 0 Å². The molecule has 1 atom stereocenters. The lowest BCUT2D eigenvalue weighted by Crippen LogP contribution is -2.13. The number of hydrogen-bond acceptors (Lipinski definition) is 1. The minimum atomic E-state index is 0.433. The molecule has 0 aliphatic rings. The van der Waals surface area contributed by atoms with Crippen LogP contribution in [0.1, 0.15) is 20.8 Å². The minimum Gasteiger partial charge on any atom is -0.369 e. The van der Waals surface area contributed by atoms with Gasteiger partial charge in [0.2, 0.25) is 0 Å². The van der Waals surface area contributed by atoms with Gasteiger partial charge >= 0.3 is 0 Å². The molecule has 0 saturated heterocycles. The lowest BCUT2D eigenvalue weighted by atomic mass is 10.1. The molecule has 0 amide bonds. The van der Waals surface area contributed by atoms with Crippen LogP contribution >= 0.6 is 0 Å². The Balaban J connectivity index is 3.66. The lowest BCUT2D eigenvalue weighted by molar-refractivity contribution is 0.522. The molecular weight excluding hydrogens is 124 g/mol. The average Bonchev–Trinajstić information content (AvgIpc) is 1.82. The van der Waals surface area contributed by atoms with E-state index in [1.54, 1.807) is 0 Å². The van der Waals surface area contributed by atoms with Gasteiger partial charge in [0.15, 0.2) is 0 Å². The first-order valence-electron chi connectivity index (χ1n) is 3.73. The topological polar surface area (TPSA) is 15.6 Å². The largest absolute Gasteiger partial charge is 0.369 e. The summed E-state index contributed by atoms with van der Waals surface area (Å²) in [5.74, 6) is 0.635. The van der Waals surface area contributed by atoms with E-state index in [1.807, 2.05) is 25.3 Å². The Morgan fingerprint density at radius 1 is 1.20 bits per heavy atom. The quantitative estimate of drug-likeness (QED) is 0.432. The highest BCUT2D eigenvalue weighted by Crippen LogP contribution is 2.03. The van der Waals surface area contributed by atoms with E-state index >= 15 is 0 Å². The molecule has 60 valence electrons. The number of aliphatic imine (C=N–C) groups is 1. The summed E-state index contributed by atoms with van der Waals surface area (Å²) in [6.45, 7) is 6.49. The first-order chi connectivity index (χ1) is 4.54. The molecule has 2 nitrogen and oxygen atoms in total. The molecule has 0 heterocycles. The standard InChI is InChI=1S/C8H18N2/c1-7(2)8(3)9-6-10(4)5/h6-8H,1-5H3. The van der Waals surface area contributed by atoms with Crippen molar-refractivity contribution in [3.05, 3.63) is 0 Å². The highest BCUT2D eigenvalue weighted by atomic mass is 15.1. The molecule has 0 saturated carbocycles. The molecule has 0 bridgehead atoms. The van der Waals surface area contributed by atoms with E-state index in [-0.39, 0.29) is 0 Å². The monoisotopic (exact) mass is 142 g/mol. The molecule has 2 heteroatoms. The molecule has 0 spiro atoms. The number of rotatable bonds is 3. The van der Waals surface area contributed by atoms with Crippen LogP contribution in [0.5, 0.6) is 0 Å². The van der Waals surface area contributed by atoms with Gasteiger partial charge < -0.3 is 4.90 Å². The SMILES string of the molecule is CC(C)C(C)N=CN(C)C. The van der Waals surface area contributed by atoms with Gasteiger partial charge in [-0.1, -0.05) is 13.8 Å². The van der Waals surface area contributed by atoms with Crippen molar-refractivity contribution in [1.82, 2.24) is 4.90 Å². The molecule has 0 N–H and O–H groups in total. The Morgan fingerprint density at radius 2 is 1.70 bits per heavy atom. The zero-order valence-corrected chi connectivity index (χ0v) is 7.63. The van der Waals surface area contributed by atoms with E-state index in [0.29, 0.717) is 12.0 Å². The molecule has 0 rings (SSSR count). The minimum absolute atomic E-state index is 0.433. The lowest BCUT2D eigenvalue weighted by Gasteiger charge is -2.11. The smallest absolute Gasteiger partial charge is 0.0848 e. The Bertz CT molecular complexity index is 106. The van der Waals surface area contributed by atoms with Crippen molar-refractivity contribution in [2.75, 3.05) is 14.1 Å². The molecule has 0 radical (unpaired) electrons. The van der Waals surface area contributed by atoms with Crippen LogP contribution in [0.4, 0.5) is 0 Å². The first-order valence-corrected chi connectivity index (χ1v) is 3.73. The van der Waals surface area contributed by atoms with Gasteiger partial charge in [-0.25, -0.2) is 0 Å². The van der Waals surface area contributed by atoms with Crippen LogP contribution in [0.25, 0.3) is 0 Å². The highest BCUT2D eigenvalue weighted by Gasteiger charge is 2.01. The van der Waals surface area contributed by atoms with Gasteiger partial charge in [0.1, 0.15) is 0 Å². The second-order valence-electron chi connectivity index (χ2n) is 3.21. The third kappa shape index (κ3) is 4.36. The van der Waals surface area contributed by atoms with Crippen LogP contribution in [0.3, 0.4) is 0 Å². The number of hydrogen-bond donors (Lipinski definition) is 0. The zero-order chi connectivity index (χ0) is 8.15. The van der Waals surface area contributed by atoms with E-state index in [0.717, 1.165) is 0 Å². The molecule has 10 heavy (non-hydrogen) atoms. The van der Waals surface area contributed by atoms with Crippen LogP contribution in [0.2, 0.25) is 0 Å². The van der Waals surface area contributed by atoms with Gasteiger partial charge in [-0.05, 0) is 12.8 Å². The summed E-state index contributed by atoms with van der Waals surface area (Å²) in [7, 11) is 3.97. The van der Waals surface area contributed by atoms with Crippen molar-refractivity contribution in [1.29, 1.82) is 0 Å². The van der Waals surface area contributed by atoms with Crippen LogP contribution in [-0.2, 0) is 0 Å². The third-order valence-electron chi connectivity index (χ3n) is 1.50. The molecule has 0 aliphatic carbocycles. The van der Waals surface area contributed by atoms with Crippen LogP contribution in [-0.4, -0.2) is 31.4 Å². The van der Waals surface area contributed by atoms with E-state index in [1.165, 1.54) is 0 Å². The van der Waals surface area contributed by atoms with Gasteiger partial charge in [-0.15, -0.1) is 0 Å². The zero-order valence-electron chi connectivity index (χ0n) is 7.63. The fourth-order valence-corrected chi connectivity index (χ4v) is 0.411. The molecule has 0 aromatic rings. The van der Waals surface area contributed by atoms with Crippen LogP contribution in [0.15, 0.2) is 4.99 Å². The predicted molar refractivity (Wildman–Crippen MR) is 46.5 cm³/mol. The van der Waals surface area contributed by atoms with Gasteiger partial charge in [-0.2, -0.15) is 0 Å². The maximum atomic E-state index is 4.32. The second kappa shape index (κ2) is 4.31. The van der Waals surface area contributed by atoms with Crippen molar-refractivity contribution >= 4 is 6.34 Å².